The van der Waals surface area contributed by atoms with Gasteiger partial charge in [-0.3, -0.25) is 13.9 Å². The molecular formula is C33H40FN3O7S. The van der Waals surface area contributed by atoms with Gasteiger partial charge >= 0.3 is 0 Å². The van der Waals surface area contributed by atoms with Crippen molar-refractivity contribution in [2.45, 2.75) is 63.1 Å². The van der Waals surface area contributed by atoms with Crippen molar-refractivity contribution < 1.29 is 36.6 Å². The highest BCUT2D eigenvalue weighted by Crippen LogP contribution is 2.33. The number of hydrogen-bond donors (Lipinski definition) is 1. The van der Waals surface area contributed by atoms with Gasteiger partial charge in [-0.1, -0.05) is 31.0 Å². The number of methoxy groups -OCH3 is 2. The van der Waals surface area contributed by atoms with E-state index in [1.54, 1.807) is 25.1 Å². The summed E-state index contributed by atoms with van der Waals surface area (Å²) in [5.41, 5.74) is 0.386. The monoisotopic (exact) mass is 641 g/mol. The molecule has 0 aliphatic heterocycles. The van der Waals surface area contributed by atoms with Gasteiger partial charge in [-0.2, -0.15) is 0 Å². The van der Waals surface area contributed by atoms with Gasteiger partial charge in [0, 0.05) is 24.2 Å². The molecule has 4 rings (SSSR count). The first kappa shape index (κ1) is 33.6. The zero-order chi connectivity index (χ0) is 32.6. The largest absolute Gasteiger partial charge is 0.494 e. The molecule has 2 amide bonds. The lowest BCUT2D eigenvalue weighted by Crippen LogP contribution is -2.52. The van der Waals surface area contributed by atoms with Crippen LogP contribution in [0, 0.1) is 5.82 Å². The second kappa shape index (κ2) is 15.1. The highest BCUT2D eigenvalue weighted by atomic mass is 32.2. The highest BCUT2D eigenvalue weighted by molar-refractivity contribution is 7.92. The van der Waals surface area contributed by atoms with E-state index < -0.39 is 34.3 Å². The minimum atomic E-state index is -4.38. The molecule has 0 saturated heterocycles. The zero-order valence-corrected chi connectivity index (χ0v) is 26.8. The topological polar surface area (TPSA) is 114 Å². The van der Waals surface area contributed by atoms with Crippen LogP contribution in [0.2, 0.25) is 0 Å². The van der Waals surface area contributed by atoms with E-state index >= 15 is 0 Å². The Balaban J connectivity index is 1.73. The Morgan fingerprint density at radius 2 is 1.64 bits per heavy atom. The van der Waals surface area contributed by atoms with Crippen LogP contribution in [-0.4, -0.2) is 64.6 Å². The molecule has 1 aliphatic carbocycles. The van der Waals surface area contributed by atoms with Crippen molar-refractivity contribution in [3.05, 3.63) is 78.1 Å². The Hall–Kier alpha value is -4.32. The van der Waals surface area contributed by atoms with Crippen LogP contribution in [0.25, 0.3) is 0 Å². The van der Waals surface area contributed by atoms with Crippen LogP contribution in [0.15, 0.2) is 71.6 Å². The van der Waals surface area contributed by atoms with Crippen molar-refractivity contribution >= 4 is 27.5 Å². The summed E-state index contributed by atoms with van der Waals surface area (Å²) >= 11 is 0. The van der Waals surface area contributed by atoms with Gasteiger partial charge < -0.3 is 24.4 Å². The maximum atomic E-state index is 14.8. The number of nitrogens with zero attached hydrogens (tertiary/aromatic N) is 2. The first-order valence-electron chi connectivity index (χ1n) is 14.9. The Morgan fingerprint density at radius 3 is 2.27 bits per heavy atom. The minimum absolute atomic E-state index is 0.00357. The van der Waals surface area contributed by atoms with Gasteiger partial charge in [0.2, 0.25) is 11.8 Å². The van der Waals surface area contributed by atoms with Crippen LogP contribution in [0.5, 0.6) is 17.2 Å². The number of hydrogen-bond acceptors (Lipinski definition) is 7. The molecule has 1 N–H and O–H groups in total. The van der Waals surface area contributed by atoms with Gasteiger partial charge in [-0.05, 0) is 69.2 Å². The molecule has 1 aliphatic rings. The molecule has 0 spiro atoms. The quantitative estimate of drug-likeness (QED) is 0.266. The second-order valence-corrected chi connectivity index (χ2v) is 12.6. The number of carbonyl (C=O) groups excluding carboxylic acids is 2. The van der Waals surface area contributed by atoms with Gasteiger partial charge in [0.1, 0.15) is 24.2 Å². The van der Waals surface area contributed by atoms with Gasteiger partial charge in [0.05, 0.1) is 31.4 Å². The molecule has 10 nitrogen and oxygen atoms in total. The average Bonchev–Trinajstić information content (AvgIpc) is 3.56. The van der Waals surface area contributed by atoms with E-state index in [1.165, 1.54) is 67.7 Å². The first-order valence-corrected chi connectivity index (χ1v) is 16.3. The summed E-state index contributed by atoms with van der Waals surface area (Å²) in [6.07, 6.45) is 3.69. The maximum Gasteiger partial charge on any atom is 0.264 e. The number of benzene rings is 3. The number of rotatable bonds is 14. The van der Waals surface area contributed by atoms with E-state index in [9.17, 15) is 22.4 Å². The summed E-state index contributed by atoms with van der Waals surface area (Å²) < 4.78 is 60.3. The molecule has 0 radical (unpaired) electrons. The fraction of sp³-hybridized carbons (Fsp3) is 0.394. The van der Waals surface area contributed by atoms with Crippen LogP contribution >= 0.6 is 0 Å². The van der Waals surface area contributed by atoms with Crippen molar-refractivity contribution in [3.63, 3.8) is 0 Å². The molecule has 1 fully saturated rings. The number of amides is 2. The smallest absolute Gasteiger partial charge is 0.264 e. The molecule has 12 heteroatoms. The van der Waals surface area contributed by atoms with Crippen LogP contribution in [0.4, 0.5) is 10.1 Å². The number of nitrogens with one attached hydrogen (secondary N) is 1. The number of sulfonamides is 1. The van der Waals surface area contributed by atoms with Gasteiger partial charge in [-0.25, -0.2) is 12.8 Å². The second-order valence-electron chi connectivity index (χ2n) is 10.7. The summed E-state index contributed by atoms with van der Waals surface area (Å²) in [6, 6.07) is 15.4. The Morgan fingerprint density at radius 1 is 0.978 bits per heavy atom. The Bertz CT molecular complexity index is 1580. The lowest BCUT2D eigenvalue weighted by atomic mass is 10.1. The molecule has 3 aromatic rings. The highest BCUT2D eigenvalue weighted by Gasteiger charge is 2.34. The summed E-state index contributed by atoms with van der Waals surface area (Å²) in [5.74, 6) is -0.574. The molecule has 242 valence electrons. The molecule has 1 saturated carbocycles. The number of anilines is 1. The predicted octanol–water partition coefficient (Wildman–Crippen LogP) is 4.91. The number of ether oxygens (including phenoxy) is 3. The van der Waals surface area contributed by atoms with Crippen LogP contribution in [-0.2, 0) is 26.2 Å². The lowest BCUT2D eigenvalue weighted by molar-refractivity contribution is -0.139. The number of carbonyl (C=O) groups is 2. The zero-order valence-electron chi connectivity index (χ0n) is 26.0. The molecule has 3 aromatic carbocycles. The lowest BCUT2D eigenvalue weighted by Gasteiger charge is -2.32. The van der Waals surface area contributed by atoms with Crippen molar-refractivity contribution in [2.24, 2.45) is 0 Å². The van der Waals surface area contributed by atoms with Crippen LogP contribution < -0.4 is 23.8 Å². The fourth-order valence-electron chi connectivity index (χ4n) is 5.29. The first-order chi connectivity index (χ1) is 21.6. The molecule has 0 bridgehead atoms. The van der Waals surface area contributed by atoms with E-state index in [-0.39, 0.29) is 40.4 Å². The van der Waals surface area contributed by atoms with E-state index in [0.717, 1.165) is 30.0 Å². The maximum absolute atomic E-state index is 14.8. The van der Waals surface area contributed by atoms with Crippen molar-refractivity contribution in [1.82, 2.24) is 10.2 Å². The van der Waals surface area contributed by atoms with Crippen molar-refractivity contribution in [1.29, 1.82) is 0 Å². The summed E-state index contributed by atoms with van der Waals surface area (Å²) in [4.78, 5) is 28.6. The normalized spacial score (nSPS) is 14.0. The van der Waals surface area contributed by atoms with E-state index in [1.807, 2.05) is 6.92 Å². The Kier molecular flexibility index (Phi) is 11.3. The van der Waals surface area contributed by atoms with Gasteiger partial charge in [0.15, 0.2) is 11.5 Å². The molecular weight excluding hydrogens is 601 g/mol. The van der Waals surface area contributed by atoms with Crippen LogP contribution in [0.1, 0.15) is 45.1 Å². The standard InChI is InChI=1S/C33H40FN3O7S/c1-5-44-27-16-14-26(15-17-27)37(45(40,41)28-18-19-30(42-3)31(20-28)43-4)22-32(38)36(21-24-10-6-9-13-29(24)34)23(2)33(39)35-25-11-7-8-12-25/h6,9-10,13-20,23,25H,5,7-8,11-12,21-22H2,1-4H3,(H,35,39)/t23-/m1/s1. The van der Waals surface area contributed by atoms with Crippen molar-refractivity contribution in [3.8, 4) is 17.2 Å². The third-order valence-corrected chi connectivity index (χ3v) is 9.59. The third kappa shape index (κ3) is 8.05. The van der Waals surface area contributed by atoms with E-state index in [2.05, 4.69) is 5.32 Å². The average molecular weight is 642 g/mol. The predicted molar refractivity (Wildman–Crippen MR) is 168 cm³/mol. The fourth-order valence-corrected chi connectivity index (χ4v) is 6.72. The summed E-state index contributed by atoms with van der Waals surface area (Å²) in [7, 11) is -1.55. The molecule has 1 atom stereocenters. The molecule has 0 unspecified atom stereocenters. The summed E-state index contributed by atoms with van der Waals surface area (Å²) in [5, 5.41) is 3.00. The summed E-state index contributed by atoms with van der Waals surface area (Å²) in [6.45, 7) is 2.90. The minimum Gasteiger partial charge on any atom is -0.494 e. The van der Waals surface area contributed by atoms with Crippen molar-refractivity contribution in [2.75, 3.05) is 31.7 Å². The molecule has 0 aromatic heterocycles. The van der Waals surface area contributed by atoms with E-state index in [0.29, 0.717) is 18.1 Å². The molecule has 45 heavy (non-hydrogen) atoms. The SMILES string of the molecule is CCOc1ccc(N(CC(=O)N(Cc2ccccc2F)[C@H](C)C(=O)NC2CCCC2)S(=O)(=O)c2ccc(OC)c(OC)c2)cc1. The number of halogens is 1. The van der Waals surface area contributed by atoms with Gasteiger partial charge in [0.25, 0.3) is 10.0 Å². The van der Waals surface area contributed by atoms with E-state index in [4.69, 9.17) is 14.2 Å². The third-order valence-electron chi connectivity index (χ3n) is 7.82. The van der Waals surface area contributed by atoms with Crippen LogP contribution in [0.3, 0.4) is 0 Å². The molecule has 0 heterocycles. The Labute approximate surface area is 264 Å². The van der Waals surface area contributed by atoms with Gasteiger partial charge in [-0.15, -0.1) is 0 Å².